The first-order valence-electron chi connectivity index (χ1n) is 7.71. The average Bonchev–Trinajstić information content (AvgIpc) is 2.98. The Hall–Kier alpha value is -2.75. The number of aliphatic hydroxyl groups excluding tert-OH is 1. The number of halogens is 4. The molecular formula is C16H15F4N5O. The molecule has 0 aliphatic rings. The lowest BCUT2D eigenvalue weighted by molar-refractivity contribution is -0.204. The number of alkyl halides is 3. The van der Waals surface area contributed by atoms with Crippen LogP contribution in [0.1, 0.15) is 12.0 Å². The van der Waals surface area contributed by atoms with Crippen molar-refractivity contribution in [2.45, 2.75) is 25.6 Å². The minimum atomic E-state index is -4.66. The summed E-state index contributed by atoms with van der Waals surface area (Å²) in [6, 6.07) is 1.30. The van der Waals surface area contributed by atoms with E-state index in [0.29, 0.717) is 28.0 Å². The van der Waals surface area contributed by atoms with E-state index in [1.54, 1.807) is 13.1 Å². The van der Waals surface area contributed by atoms with Gasteiger partial charge in [-0.25, -0.2) is 19.3 Å². The predicted octanol–water partition coefficient (Wildman–Crippen LogP) is 3.19. The standard InChI is InChI=1S/C16H15F4N5O/c1-8-5-22-15(11-7-24-14-10(11)4-9(17)6-23-14)25-13(8)21-3-2-12(26)16(18,19)20/h4-7,12,26H,2-3H2,1H3,(H,23,24)(H,21,22,25). The van der Waals surface area contributed by atoms with Crippen LogP contribution in [0.4, 0.5) is 23.4 Å². The first kappa shape index (κ1) is 18.1. The van der Waals surface area contributed by atoms with Crippen molar-refractivity contribution < 1.29 is 22.7 Å². The number of aryl methyl sites for hydroxylation is 1. The normalized spacial score (nSPS) is 13.2. The van der Waals surface area contributed by atoms with Crippen LogP contribution in [0.3, 0.4) is 0 Å². The summed E-state index contributed by atoms with van der Waals surface area (Å²) in [6.07, 6.45) is -3.40. The van der Waals surface area contributed by atoms with Gasteiger partial charge in [0.25, 0.3) is 0 Å². The average molecular weight is 369 g/mol. The highest BCUT2D eigenvalue weighted by Gasteiger charge is 2.37. The molecular weight excluding hydrogens is 354 g/mol. The summed E-state index contributed by atoms with van der Waals surface area (Å²) in [4.78, 5) is 15.3. The van der Waals surface area contributed by atoms with E-state index in [2.05, 4.69) is 25.3 Å². The fourth-order valence-corrected chi connectivity index (χ4v) is 2.40. The number of aliphatic hydroxyl groups is 1. The second-order valence-electron chi connectivity index (χ2n) is 5.75. The number of nitrogens with one attached hydrogen (secondary N) is 2. The van der Waals surface area contributed by atoms with Crippen LogP contribution in [0, 0.1) is 12.7 Å². The molecule has 0 aliphatic carbocycles. The molecule has 0 spiro atoms. The van der Waals surface area contributed by atoms with Gasteiger partial charge in [0.05, 0.1) is 6.20 Å². The second kappa shape index (κ2) is 6.87. The number of hydrogen-bond donors (Lipinski definition) is 3. The van der Waals surface area contributed by atoms with Crippen molar-refractivity contribution in [2.24, 2.45) is 0 Å². The van der Waals surface area contributed by atoms with Crippen LogP contribution in [-0.2, 0) is 0 Å². The molecule has 3 aromatic rings. The molecule has 6 nitrogen and oxygen atoms in total. The lowest BCUT2D eigenvalue weighted by Gasteiger charge is -2.15. The molecule has 3 aromatic heterocycles. The van der Waals surface area contributed by atoms with Crippen molar-refractivity contribution in [3.05, 3.63) is 36.0 Å². The second-order valence-corrected chi connectivity index (χ2v) is 5.75. The third kappa shape index (κ3) is 3.74. The van der Waals surface area contributed by atoms with Gasteiger partial charge in [0.15, 0.2) is 11.9 Å². The number of H-pyrrole nitrogens is 1. The number of hydrogen-bond acceptors (Lipinski definition) is 5. The van der Waals surface area contributed by atoms with Crippen molar-refractivity contribution in [2.75, 3.05) is 11.9 Å². The van der Waals surface area contributed by atoms with E-state index in [1.807, 2.05) is 0 Å². The molecule has 0 bridgehead atoms. The Morgan fingerprint density at radius 2 is 2.04 bits per heavy atom. The summed E-state index contributed by atoms with van der Waals surface area (Å²) in [5.74, 6) is 0.0983. The van der Waals surface area contributed by atoms with Gasteiger partial charge in [0.1, 0.15) is 17.3 Å². The van der Waals surface area contributed by atoms with Crippen LogP contribution in [0.25, 0.3) is 22.4 Å². The highest BCUT2D eigenvalue weighted by Crippen LogP contribution is 2.27. The molecule has 0 aliphatic heterocycles. The first-order valence-corrected chi connectivity index (χ1v) is 7.71. The Balaban J connectivity index is 1.82. The van der Waals surface area contributed by atoms with Gasteiger partial charge in [-0.2, -0.15) is 13.2 Å². The van der Waals surface area contributed by atoms with Crippen LogP contribution in [0.5, 0.6) is 0 Å². The maximum Gasteiger partial charge on any atom is 0.414 e. The summed E-state index contributed by atoms with van der Waals surface area (Å²) in [5.41, 5.74) is 1.61. The van der Waals surface area contributed by atoms with Gasteiger partial charge in [0.2, 0.25) is 0 Å². The minimum Gasteiger partial charge on any atom is -0.384 e. The van der Waals surface area contributed by atoms with Gasteiger partial charge in [-0.05, 0) is 19.4 Å². The Bertz CT molecular complexity index is 925. The van der Waals surface area contributed by atoms with Crippen molar-refractivity contribution >= 4 is 16.9 Å². The molecule has 0 saturated heterocycles. The molecule has 1 atom stereocenters. The highest BCUT2D eigenvalue weighted by atomic mass is 19.4. The zero-order valence-electron chi connectivity index (χ0n) is 13.6. The summed E-state index contributed by atoms with van der Waals surface area (Å²) in [7, 11) is 0. The molecule has 0 radical (unpaired) electrons. The SMILES string of the molecule is Cc1cnc(-c2c[nH]c3ncc(F)cc23)nc1NCCC(O)C(F)(F)F. The molecule has 3 heterocycles. The van der Waals surface area contributed by atoms with Crippen molar-refractivity contribution in [3.63, 3.8) is 0 Å². The van der Waals surface area contributed by atoms with Gasteiger partial charge in [0, 0.05) is 35.5 Å². The van der Waals surface area contributed by atoms with E-state index in [4.69, 9.17) is 5.11 Å². The third-order valence-electron chi connectivity index (χ3n) is 3.80. The van der Waals surface area contributed by atoms with E-state index >= 15 is 0 Å². The van der Waals surface area contributed by atoms with Crippen LogP contribution in [0.2, 0.25) is 0 Å². The summed E-state index contributed by atoms with van der Waals surface area (Å²) in [5, 5.41) is 12.3. The highest BCUT2D eigenvalue weighted by molar-refractivity contribution is 5.91. The number of nitrogens with zero attached hydrogens (tertiary/aromatic N) is 3. The Labute approximate surface area is 145 Å². The predicted molar refractivity (Wildman–Crippen MR) is 87.0 cm³/mol. The van der Waals surface area contributed by atoms with Crippen molar-refractivity contribution in [1.29, 1.82) is 0 Å². The van der Waals surface area contributed by atoms with Crippen molar-refractivity contribution in [1.82, 2.24) is 19.9 Å². The summed E-state index contributed by atoms with van der Waals surface area (Å²) >= 11 is 0. The zero-order valence-corrected chi connectivity index (χ0v) is 13.6. The molecule has 3 N–H and O–H groups in total. The molecule has 138 valence electrons. The number of rotatable bonds is 5. The summed E-state index contributed by atoms with van der Waals surface area (Å²) < 4.78 is 50.5. The monoisotopic (exact) mass is 369 g/mol. The minimum absolute atomic E-state index is 0.123. The van der Waals surface area contributed by atoms with Gasteiger partial charge >= 0.3 is 6.18 Å². The maximum atomic E-state index is 13.4. The molecule has 0 saturated carbocycles. The van der Waals surface area contributed by atoms with Crippen LogP contribution in [0.15, 0.2) is 24.7 Å². The smallest absolute Gasteiger partial charge is 0.384 e. The fourth-order valence-electron chi connectivity index (χ4n) is 2.40. The molecule has 0 amide bonds. The molecule has 10 heteroatoms. The van der Waals surface area contributed by atoms with Crippen LogP contribution in [-0.4, -0.2) is 43.9 Å². The van der Waals surface area contributed by atoms with Crippen molar-refractivity contribution in [3.8, 4) is 11.4 Å². The Morgan fingerprint density at radius 1 is 1.27 bits per heavy atom. The summed E-state index contributed by atoms with van der Waals surface area (Å²) in [6.45, 7) is 1.57. The number of aromatic nitrogens is 4. The molecule has 0 fully saturated rings. The largest absolute Gasteiger partial charge is 0.414 e. The number of pyridine rings is 1. The lowest BCUT2D eigenvalue weighted by atomic mass is 10.2. The quantitative estimate of drug-likeness (QED) is 0.602. The van der Waals surface area contributed by atoms with Gasteiger partial charge in [-0.3, -0.25) is 0 Å². The number of aromatic amines is 1. The molecule has 0 aromatic carbocycles. The van der Waals surface area contributed by atoms with E-state index in [0.717, 1.165) is 6.20 Å². The van der Waals surface area contributed by atoms with Crippen LogP contribution >= 0.6 is 0 Å². The van der Waals surface area contributed by atoms with E-state index in [9.17, 15) is 17.6 Å². The zero-order chi connectivity index (χ0) is 18.9. The Kier molecular flexibility index (Phi) is 4.77. The van der Waals surface area contributed by atoms with E-state index < -0.39 is 24.5 Å². The van der Waals surface area contributed by atoms with E-state index in [1.165, 1.54) is 12.3 Å². The lowest BCUT2D eigenvalue weighted by Crippen LogP contribution is -2.30. The molecule has 1 unspecified atom stereocenters. The topological polar surface area (TPSA) is 86.7 Å². The fraction of sp³-hybridized carbons (Fsp3) is 0.312. The van der Waals surface area contributed by atoms with Gasteiger partial charge < -0.3 is 15.4 Å². The maximum absolute atomic E-state index is 13.4. The van der Waals surface area contributed by atoms with Gasteiger partial charge in [-0.1, -0.05) is 0 Å². The first-order chi connectivity index (χ1) is 12.3. The Morgan fingerprint density at radius 3 is 2.77 bits per heavy atom. The number of anilines is 1. The molecule has 26 heavy (non-hydrogen) atoms. The molecule has 3 rings (SSSR count). The third-order valence-corrected chi connectivity index (χ3v) is 3.80. The van der Waals surface area contributed by atoms with E-state index in [-0.39, 0.29) is 12.4 Å². The van der Waals surface area contributed by atoms with Crippen LogP contribution < -0.4 is 5.32 Å². The van der Waals surface area contributed by atoms with Gasteiger partial charge in [-0.15, -0.1) is 0 Å². The number of fused-ring (bicyclic) bond motifs is 1.